The van der Waals surface area contributed by atoms with E-state index in [-0.39, 0.29) is 17.5 Å². The zero-order valence-corrected chi connectivity index (χ0v) is 20.4. The minimum absolute atomic E-state index is 0.0718. The summed E-state index contributed by atoms with van der Waals surface area (Å²) in [7, 11) is 0. The number of morpholine rings is 1. The van der Waals surface area contributed by atoms with Gasteiger partial charge < -0.3 is 19.5 Å². The van der Waals surface area contributed by atoms with E-state index in [1.54, 1.807) is 25.1 Å². The molecule has 180 valence electrons. The lowest BCUT2D eigenvalue weighted by atomic mass is 10.1. The summed E-state index contributed by atoms with van der Waals surface area (Å²) >= 11 is 1.34. The van der Waals surface area contributed by atoms with Gasteiger partial charge in [-0.25, -0.2) is 4.98 Å². The SMILES string of the molecule is C=Cc1sc2c(C(=O)NCc3cc(C)on3)c(=O)c3ccc(N4CCOCC4)nc3n2c1/C=C\C. The molecule has 10 heteroatoms. The second kappa shape index (κ2) is 9.47. The molecule has 1 aliphatic heterocycles. The molecule has 1 N–H and O–H groups in total. The Morgan fingerprint density at radius 2 is 2.11 bits per heavy atom. The Hall–Kier alpha value is -3.76. The minimum Gasteiger partial charge on any atom is -0.378 e. The van der Waals surface area contributed by atoms with E-state index in [0.717, 1.165) is 29.5 Å². The molecule has 0 unspecified atom stereocenters. The van der Waals surface area contributed by atoms with Crippen molar-refractivity contribution >= 4 is 51.1 Å². The van der Waals surface area contributed by atoms with Gasteiger partial charge in [-0.2, -0.15) is 0 Å². The second-order valence-electron chi connectivity index (χ2n) is 8.15. The molecule has 0 saturated carbocycles. The third-order valence-corrected chi connectivity index (χ3v) is 7.02. The number of ether oxygens (including phenoxy) is 1. The first-order chi connectivity index (χ1) is 17.0. The Kier molecular flexibility index (Phi) is 6.23. The first kappa shape index (κ1) is 23.0. The van der Waals surface area contributed by atoms with E-state index < -0.39 is 5.91 Å². The third-order valence-electron chi connectivity index (χ3n) is 5.84. The quantitative estimate of drug-likeness (QED) is 0.439. The van der Waals surface area contributed by atoms with Crippen molar-refractivity contribution in [2.75, 3.05) is 31.2 Å². The highest BCUT2D eigenvalue weighted by Gasteiger charge is 2.24. The van der Waals surface area contributed by atoms with Gasteiger partial charge in [0.1, 0.15) is 27.7 Å². The monoisotopic (exact) mass is 491 g/mol. The molecule has 1 fully saturated rings. The Morgan fingerprint density at radius 1 is 1.31 bits per heavy atom. The summed E-state index contributed by atoms with van der Waals surface area (Å²) in [6, 6.07) is 5.33. The van der Waals surface area contributed by atoms with Crippen molar-refractivity contribution in [1.82, 2.24) is 19.9 Å². The first-order valence-electron chi connectivity index (χ1n) is 11.3. The number of amides is 1. The number of hydrogen-bond acceptors (Lipinski definition) is 8. The summed E-state index contributed by atoms with van der Waals surface area (Å²) in [5.74, 6) is 0.941. The van der Waals surface area contributed by atoms with E-state index in [4.69, 9.17) is 14.2 Å². The zero-order valence-electron chi connectivity index (χ0n) is 19.5. The lowest BCUT2D eigenvalue weighted by Gasteiger charge is -2.28. The highest BCUT2D eigenvalue weighted by atomic mass is 32.1. The highest BCUT2D eigenvalue weighted by Crippen LogP contribution is 2.31. The summed E-state index contributed by atoms with van der Waals surface area (Å²) in [6.45, 7) is 10.5. The molecule has 0 aromatic carbocycles. The summed E-state index contributed by atoms with van der Waals surface area (Å²) in [4.78, 5) is 35.3. The van der Waals surface area contributed by atoms with Gasteiger partial charge in [-0.1, -0.05) is 17.8 Å². The molecule has 0 spiro atoms. The maximum absolute atomic E-state index is 13.6. The lowest BCUT2D eigenvalue weighted by molar-refractivity contribution is 0.0950. The Bertz CT molecular complexity index is 1520. The molecular formula is C25H25N5O4S. The van der Waals surface area contributed by atoms with Crippen molar-refractivity contribution in [3.63, 3.8) is 0 Å². The van der Waals surface area contributed by atoms with Gasteiger partial charge >= 0.3 is 0 Å². The zero-order chi connectivity index (χ0) is 24.5. The van der Waals surface area contributed by atoms with E-state index in [0.29, 0.717) is 40.5 Å². The van der Waals surface area contributed by atoms with Gasteiger partial charge in [-0.3, -0.25) is 14.0 Å². The lowest BCUT2D eigenvalue weighted by Crippen LogP contribution is -2.36. The standard InChI is InChI=1S/C25H25N5O4S/c1-4-6-18-19(5-2)35-25-21(24(32)26-14-16-13-15(3)34-28-16)22(31)17-7-8-20(27-23(17)30(18)25)29-9-11-33-12-10-29/h4-8,13H,2,9-12,14H2,1,3H3,(H,26,32)/b6-4-. The van der Waals surface area contributed by atoms with Crippen LogP contribution in [0.4, 0.5) is 5.82 Å². The minimum atomic E-state index is -0.476. The van der Waals surface area contributed by atoms with Gasteiger partial charge in [0.05, 0.1) is 35.7 Å². The van der Waals surface area contributed by atoms with Gasteiger partial charge in [0, 0.05) is 19.2 Å². The van der Waals surface area contributed by atoms with Gasteiger partial charge in [0.15, 0.2) is 5.65 Å². The molecule has 35 heavy (non-hydrogen) atoms. The van der Waals surface area contributed by atoms with Crippen LogP contribution in [0.1, 0.15) is 39.3 Å². The number of rotatable bonds is 6. The molecule has 0 aliphatic carbocycles. The van der Waals surface area contributed by atoms with Crippen LogP contribution in [-0.2, 0) is 11.3 Å². The molecule has 4 aromatic rings. The molecule has 9 nitrogen and oxygen atoms in total. The van der Waals surface area contributed by atoms with E-state index in [9.17, 15) is 9.59 Å². The predicted molar refractivity (Wildman–Crippen MR) is 137 cm³/mol. The predicted octanol–water partition coefficient (Wildman–Crippen LogP) is 3.65. The Balaban J connectivity index is 1.71. The van der Waals surface area contributed by atoms with Crippen LogP contribution in [0.25, 0.3) is 28.0 Å². The van der Waals surface area contributed by atoms with E-state index in [2.05, 4.69) is 22.0 Å². The number of aryl methyl sites for hydroxylation is 1. The summed E-state index contributed by atoms with van der Waals surface area (Å²) in [6.07, 6.45) is 5.58. The van der Waals surface area contributed by atoms with Crippen LogP contribution in [0, 0.1) is 6.92 Å². The van der Waals surface area contributed by atoms with Crippen LogP contribution < -0.4 is 15.6 Å². The normalized spacial score (nSPS) is 14.3. The van der Waals surface area contributed by atoms with Crippen molar-refractivity contribution in [3.8, 4) is 0 Å². The van der Waals surface area contributed by atoms with E-state index in [1.165, 1.54) is 11.3 Å². The topological polar surface area (TPSA) is 102 Å². The molecule has 0 atom stereocenters. The molecule has 0 radical (unpaired) electrons. The summed E-state index contributed by atoms with van der Waals surface area (Å²) in [5.41, 5.74) is 1.62. The van der Waals surface area contributed by atoms with Gasteiger partial charge in [0.2, 0.25) is 5.43 Å². The Morgan fingerprint density at radius 3 is 2.80 bits per heavy atom. The third kappa shape index (κ3) is 4.15. The van der Waals surface area contributed by atoms with Crippen molar-refractivity contribution in [2.45, 2.75) is 20.4 Å². The maximum Gasteiger partial charge on any atom is 0.258 e. The largest absolute Gasteiger partial charge is 0.378 e. The van der Waals surface area contributed by atoms with Crippen LogP contribution in [-0.4, -0.2) is 46.8 Å². The molecule has 5 heterocycles. The maximum atomic E-state index is 13.6. The van der Waals surface area contributed by atoms with Crippen LogP contribution in [0.15, 0.2) is 40.2 Å². The van der Waals surface area contributed by atoms with Crippen LogP contribution >= 0.6 is 11.3 Å². The second-order valence-corrected chi connectivity index (χ2v) is 9.18. The number of nitrogens with one attached hydrogen (secondary N) is 1. The highest BCUT2D eigenvalue weighted by molar-refractivity contribution is 7.19. The van der Waals surface area contributed by atoms with Crippen molar-refractivity contribution < 1.29 is 14.1 Å². The number of aromatic nitrogens is 3. The number of carbonyl (C=O) groups excluding carboxylic acids is 1. The van der Waals surface area contributed by atoms with E-state index >= 15 is 0 Å². The fraction of sp³-hybridized carbons (Fsp3) is 0.280. The number of fused-ring (bicyclic) bond motifs is 3. The summed E-state index contributed by atoms with van der Waals surface area (Å²) < 4.78 is 12.4. The van der Waals surface area contributed by atoms with Crippen molar-refractivity contribution in [3.05, 3.63) is 68.7 Å². The van der Waals surface area contributed by atoms with Crippen LogP contribution in [0.2, 0.25) is 0 Å². The Labute approximate surface area is 205 Å². The smallest absolute Gasteiger partial charge is 0.258 e. The molecule has 1 saturated heterocycles. The first-order valence-corrected chi connectivity index (χ1v) is 12.1. The van der Waals surface area contributed by atoms with Crippen molar-refractivity contribution in [1.29, 1.82) is 0 Å². The van der Waals surface area contributed by atoms with Gasteiger partial charge in [-0.05, 0) is 38.1 Å². The fourth-order valence-corrected chi connectivity index (χ4v) is 5.32. The molecular weight excluding hydrogens is 466 g/mol. The number of hydrogen-bond donors (Lipinski definition) is 1. The number of allylic oxidation sites excluding steroid dienone is 1. The molecule has 4 aromatic heterocycles. The molecule has 0 bridgehead atoms. The van der Waals surface area contributed by atoms with E-state index in [1.807, 2.05) is 29.5 Å². The molecule has 5 rings (SSSR count). The van der Waals surface area contributed by atoms with Gasteiger partial charge in [-0.15, -0.1) is 11.3 Å². The van der Waals surface area contributed by atoms with Crippen LogP contribution in [0.3, 0.4) is 0 Å². The van der Waals surface area contributed by atoms with Crippen LogP contribution in [0.5, 0.6) is 0 Å². The summed E-state index contributed by atoms with van der Waals surface area (Å²) in [5, 5.41) is 7.10. The van der Waals surface area contributed by atoms with Crippen molar-refractivity contribution in [2.24, 2.45) is 0 Å². The number of nitrogens with zero attached hydrogens (tertiary/aromatic N) is 4. The number of pyridine rings is 2. The average Bonchev–Trinajstić information content (AvgIpc) is 3.46. The number of carbonyl (C=O) groups is 1. The molecule has 1 amide bonds. The number of anilines is 1. The number of thiazole rings is 1. The molecule has 1 aliphatic rings. The average molecular weight is 492 g/mol. The van der Waals surface area contributed by atoms with Gasteiger partial charge in [0.25, 0.3) is 5.91 Å². The fourth-order valence-electron chi connectivity index (χ4n) is 4.20.